The van der Waals surface area contributed by atoms with Crippen LogP contribution in [0, 0.1) is 0 Å². The van der Waals surface area contributed by atoms with E-state index in [0.717, 1.165) is 25.2 Å². The molecule has 2 aromatic rings. The second-order valence-electron chi connectivity index (χ2n) is 5.84. The molecule has 140 valence electrons. The van der Waals surface area contributed by atoms with E-state index in [9.17, 15) is 4.79 Å². The number of hydrogen-bond acceptors (Lipinski definition) is 3. The van der Waals surface area contributed by atoms with Gasteiger partial charge in [-0.25, -0.2) is 9.78 Å². The van der Waals surface area contributed by atoms with Crippen molar-refractivity contribution in [2.24, 2.45) is 0 Å². The van der Waals surface area contributed by atoms with Crippen LogP contribution in [-0.4, -0.2) is 47.0 Å². The van der Waals surface area contributed by atoms with Gasteiger partial charge in [0.15, 0.2) is 0 Å². The van der Waals surface area contributed by atoms with E-state index in [2.05, 4.69) is 29.0 Å². The third-order valence-electron chi connectivity index (χ3n) is 4.13. The van der Waals surface area contributed by atoms with Gasteiger partial charge in [-0.1, -0.05) is 49.2 Å². The van der Waals surface area contributed by atoms with Gasteiger partial charge in [0.25, 0.3) is 0 Å². The van der Waals surface area contributed by atoms with Gasteiger partial charge in [0.2, 0.25) is 0 Å². The Kier molecular flexibility index (Phi) is 8.16. The average Bonchev–Trinajstić information content (AvgIpc) is 2.65. The first-order valence-corrected chi connectivity index (χ1v) is 9.42. The molecule has 1 aromatic heterocycles. The molecule has 0 atom stereocenters. The molecular formula is C19H24Cl2N4O. The van der Waals surface area contributed by atoms with E-state index in [1.807, 2.05) is 18.2 Å². The molecule has 0 saturated carbocycles. The zero-order valence-corrected chi connectivity index (χ0v) is 16.6. The van der Waals surface area contributed by atoms with Crippen LogP contribution in [-0.2, 0) is 6.54 Å². The summed E-state index contributed by atoms with van der Waals surface area (Å²) in [5.41, 5.74) is 0.926. The molecule has 0 aliphatic rings. The van der Waals surface area contributed by atoms with Crippen LogP contribution in [0.1, 0.15) is 19.4 Å². The van der Waals surface area contributed by atoms with Crippen molar-refractivity contribution in [2.75, 3.05) is 31.5 Å². The smallest absolute Gasteiger partial charge is 0.319 e. The van der Waals surface area contributed by atoms with Crippen LogP contribution in [0.15, 0.2) is 42.6 Å². The van der Waals surface area contributed by atoms with Crippen LogP contribution in [0.25, 0.3) is 0 Å². The molecule has 1 aromatic carbocycles. The number of carbonyl (C=O) groups excluding carboxylic acids is 1. The van der Waals surface area contributed by atoms with Crippen LogP contribution in [0.2, 0.25) is 10.0 Å². The number of halogens is 2. The third-order valence-corrected chi connectivity index (χ3v) is 4.86. The summed E-state index contributed by atoms with van der Waals surface area (Å²) in [5, 5.41) is 3.83. The van der Waals surface area contributed by atoms with Crippen molar-refractivity contribution in [2.45, 2.75) is 20.4 Å². The summed E-state index contributed by atoms with van der Waals surface area (Å²) in [6, 6.07) is 10.6. The summed E-state index contributed by atoms with van der Waals surface area (Å²) in [7, 11) is 0. The monoisotopic (exact) mass is 394 g/mol. The summed E-state index contributed by atoms with van der Waals surface area (Å²) < 4.78 is 0. The summed E-state index contributed by atoms with van der Waals surface area (Å²) in [6.07, 6.45) is 1.65. The fourth-order valence-corrected chi connectivity index (χ4v) is 2.86. The number of hydrogen-bond donors (Lipinski definition) is 1. The lowest BCUT2D eigenvalue weighted by molar-refractivity contribution is 0.194. The molecule has 0 aliphatic carbocycles. The molecule has 0 aliphatic heterocycles. The molecule has 1 N–H and O–H groups in total. The maximum Gasteiger partial charge on any atom is 0.323 e. The predicted molar refractivity (Wildman–Crippen MR) is 108 cm³/mol. The van der Waals surface area contributed by atoms with Gasteiger partial charge >= 0.3 is 6.03 Å². The van der Waals surface area contributed by atoms with Gasteiger partial charge < -0.3 is 9.80 Å². The molecule has 0 fully saturated rings. The minimum absolute atomic E-state index is 0.193. The zero-order valence-electron chi connectivity index (χ0n) is 15.1. The molecule has 1 heterocycles. The highest BCUT2D eigenvalue weighted by Gasteiger charge is 2.16. The number of amides is 2. The van der Waals surface area contributed by atoms with Crippen LogP contribution in [0.5, 0.6) is 0 Å². The number of anilines is 1. The van der Waals surface area contributed by atoms with E-state index >= 15 is 0 Å². The van der Waals surface area contributed by atoms with Crippen molar-refractivity contribution in [3.05, 3.63) is 58.2 Å². The van der Waals surface area contributed by atoms with Gasteiger partial charge in [0.05, 0.1) is 10.0 Å². The topological polar surface area (TPSA) is 48.5 Å². The first-order valence-electron chi connectivity index (χ1n) is 8.66. The molecule has 0 bridgehead atoms. The van der Waals surface area contributed by atoms with E-state index < -0.39 is 0 Å². The molecule has 2 amide bonds. The van der Waals surface area contributed by atoms with Gasteiger partial charge in [-0.3, -0.25) is 5.32 Å². The normalized spacial score (nSPS) is 10.8. The Morgan fingerprint density at radius 2 is 1.85 bits per heavy atom. The number of likely N-dealkylation sites (N-methyl/N-ethyl adjacent to an activating group) is 1. The Labute approximate surface area is 164 Å². The number of nitrogens with zero attached hydrogens (tertiary/aromatic N) is 3. The number of urea groups is 1. The van der Waals surface area contributed by atoms with Crippen molar-refractivity contribution < 1.29 is 4.79 Å². The molecule has 7 heteroatoms. The molecular weight excluding hydrogens is 371 g/mol. The fourth-order valence-electron chi connectivity index (χ4n) is 2.54. The maximum atomic E-state index is 12.8. The summed E-state index contributed by atoms with van der Waals surface area (Å²) >= 11 is 12.1. The molecule has 2 rings (SSSR count). The van der Waals surface area contributed by atoms with Crippen LogP contribution < -0.4 is 5.32 Å². The molecule has 5 nitrogen and oxygen atoms in total. The number of benzene rings is 1. The van der Waals surface area contributed by atoms with E-state index in [4.69, 9.17) is 23.2 Å². The van der Waals surface area contributed by atoms with Gasteiger partial charge in [-0.2, -0.15) is 0 Å². The van der Waals surface area contributed by atoms with E-state index in [1.54, 1.807) is 29.3 Å². The van der Waals surface area contributed by atoms with Crippen LogP contribution >= 0.6 is 23.2 Å². The number of rotatable bonds is 8. The van der Waals surface area contributed by atoms with E-state index in [0.29, 0.717) is 29.0 Å². The third kappa shape index (κ3) is 6.16. The predicted octanol–water partition coefficient (Wildman–Crippen LogP) is 4.76. The molecule has 26 heavy (non-hydrogen) atoms. The lowest BCUT2D eigenvalue weighted by atomic mass is 10.2. The Bertz CT molecular complexity index is 708. The highest BCUT2D eigenvalue weighted by atomic mass is 35.5. The van der Waals surface area contributed by atoms with Gasteiger partial charge in [0, 0.05) is 25.8 Å². The highest BCUT2D eigenvalue weighted by Crippen LogP contribution is 2.23. The SMILES string of the molecule is CCN(CC)CCN(Cc1ccc(Cl)c(Cl)c1)C(=O)Nc1ccccn1. The van der Waals surface area contributed by atoms with Crippen molar-refractivity contribution in [3.63, 3.8) is 0 Å². The van der Waals surface area contributed by atoms with Crippen molar-refractivity contribution in [1.29, 1.82) is 0 Å². The minimum Gasteiger partial charge on any atom is -0.319 e. The van der Waals surface area contributed by atoms with Crippen LogP contribution in [0.3, 0.4) is 0 Å². The number of nitrogens with one attached hydrogen (secondary N) is 1. The van der Waals surface area contributed by atoms with Crippen molar-refractivity contribution in [3.8, 4) is 0 Å². The van der Waals surface area contributed by atoms with Gasteiger partial charge in [0.1, 0.15) is 5.82 Å². The van der Waals surface area contributed by atoms with Crippen molar-refractivity contribution in [1.82, 2.24) is 14.8 Å². The van der Waals surface area contributed by atoms with Gasteiger partial charge in [-0.15, -0.1) is 0 Å². The van der Waals surface area contributed by atoms with Crippen molar-refractivity contribution >= 4 is 35.1 Å². The Morgan fingerprint density at radius 1 is 1.08 bits per heavy atom. The first kappa shape index (κ1) is 20.5. The minimum atomic E-state index is -0.193. The van der Waals surface area contributed by atoms with Gasteiger partial charge in [-0.05, 0) is 42.9 Å². The first-order chi connectivity index (χ1) is 12.5. The Hall–Kier alpha value is -1.82. The summed E-state index contributed by atoms with van der Waals surface area (Å²) in [4.78, 5) is 20.9. The van der Waals surface area contributed by atoms with Crippen LogP contribution in [0.4, 0.5) is 10.6 Å². The average molecular weight is 395 g/mol. The molecule has 0 unspecified atom stereocenters. The second kappa shape index (κ2) is 10.4. The number of carbonyl (C=O) groups is 1. The molecule has 0 saturated heterocycles. The highest BCUT2D eigenvalue weighted by molar-refractivity contribution is 6.42. The van der Waals surface area contributed by atoms with E-state index in [-0.39, 0.29) is 6.03 Å². The maximum absolute atomic E-state index is 12.8. The summed E-state index contributed by atoms with van der Waals surface area (Å²) in [5.74, 6) is 0.527. The quantitative estimate of drug-likeness (QED) is 0.701. The Balaban J connectivity index is 2.11. The second-order valence-corrected chi connectivity index (χ2v) is 6.66. The zero-order chi connectivity index (χ0) is 18.9. The number of pyridine rings is 1. The standard InChI is InChI=1S/C19H24Cl2N4O/c1-3-24(4-2)11-12-25(14-15-8-9-16(20)17(21)13-15)19(26)23-18-7-5-6-10-22-18/h5-10,13H,3-4,11-12,14H2,1-2H3,(H,22,23,26). The number of aromatic nitrogens is 1. The lowest BCUT2D eigenvalue weighted by Crippen LogP contribution is -2.40. The van der Waals surface area contributed by atoms with E-state index in [1.165, 1.54) is 0 Å². The largest absolute Gasteiger partial charge is 0.323 e. The lowest BCUT2D eigenvalue weighted by Gasteiger charge is -2.26. The molecule has 0 spiro atoms. The Morgan fingerprint density at radius 3 is 2.46 bits per heavy atom. The fraction of sp³-hybridized carbons (Fsp3) is 0.368. The molecule has 0 radical (unpaired) electrons. The summed E-state index contributed by atoms with van der Waals surface area (Å²) in [6.45, 7) is 7.95.